The van der Waals surface area contributed by atoms with Crippen molar-refractivity contribution in [2.75, 3.05) is 26.7 Å². The second-order valence-electron chi connectivity index (χ2n) is 8.05. The summed E-state index contributed by atoms with van der Waals surface area (Å²) >= 11 is 0. The molecule has 0 radical (unpaired) electrons. The van der Waals surface area contributed by atoms with E-state index in [1.54, 1.807) is 0 Å². The highest BCUT2D eigenvalue weighted by molar-refractivity contribution is 5.61. The summed E-state index contributed by atoms with van der Waals surface area (Å²) in [6.45, 7) is 12.2. The summed E-state index contributed by atoms with van der Waals surface area (Å²) in [4.78, 5) is 14.7. The van der Waals surface area contributed by atoms with Gasteiger partial charge in [-0.3, -0.25) is 0 Å². The van der Waals surface area contributed by atoms with Gasteiger partial charge in [0.2, 0.25) is 0 Å². The first-order valence-electron chi connectivity index (χ1n) is 9.54. The van der Waals surface area contributed by atoms with E-state index in [9.17, 15) is 4.79 Å². The van der Waals surface area contributed by atoms with E-state index >= 15 is 0 Å². The molecule has 26 heavy (non-hydrogen) atoms. The first-order valence-corrected chi connectivity index (χ1v) is 9.54. The number of carbonyl (C=O) groups is 1. The average Bonchev–Trinajstić information content (AvgIpc) is 2.55. The molecule has 1 aromatic carbocycles. The Kier molecular flexibility index (Phi) is 6.93. The number of rotatable bonds is 6. The van der Waals surface area contributed by atoms with Crippen molar-refractivity contribution in [2.24, 2.45) is 11.8 Å². The molecule has 1 aliphatic rings. The van der Waals surface area contributed by atoms with E-state index in [-0.39, 0.29) is 17.9 Å². The van der Waals surface area contributed by atoms with Crippen molar-refractivity contribution in [1.82, 2.24) is 4.90 Å². The molecular formula is C21H33NO4. The Hall–Kier alpha value is -1.75. The predicted octanol–water partition coefficient (Wildman–Crippen LogP) is 4.45. The Labute approximate surface area is 157 Å². The normalized spacial score (nSPS) is 23.9. The molecule has 0 aliphatic carbocycles. The fourth-order valence-corrected chi connectivity index (χ4v) is 3.47. The van der Waals surface area contributed by atoms with Gasteiger partial charge in [0.25, 0.3) is 0 Å². The molecular weight excluding hydrogens is 330 g/mol. The number of hydrogen-bond donors (Lipinski definition) is 0. The lowest BCUT2D eigenvalue weighted by molar-refractivity contribution is -0.102. The third kappa shape index (κ3) is 5.13. The topological polar surface area (TPSA) is 48.0 Å². The van der Waals surface area contributed by atoms with Crippen LogP contribution in [-0.2, 0) is 15.1 Å². The standard InChI is InChI=1S/C21H33NO4/c1-15(2)14-24-20(23)26-21(10-11-22(6)13-17(21)5)18-8-7-9-19(12-18)25-16(3)4/h7-9,12,15-17H,10-11,13-14H2,1-6H3/t17-,21+/m0/s1. The predicted molar refractivity (Wildman–Crippen MR) is 102 cm³/mol. The van der Waals surface area contributed by atoms with Crippen LogP contribution in [0.15, 0.2) is 24.3 Å². The van der Waals surface area contributed by atoms with Crippen LogP contribution in [0.5, 0.6) is 5.75 Å². The lowest BCUT2D eigenvalue weighted by Crippen LogP contribution is -2.50. The van der Waals surface area contributed by atoms with Gasteiger partial charge in [0.1, 0.15) is 11.4 Å². The van der Waals surface area contributed by atoms with Gasteiger partial charge in [-0.1, -0.05) is 32.9 Å². The molecule has 0 aromatic heterocycles. The van der Waals surface area contributed by atoms with Crippen molar-refractivity contribution in [3.05, 3.63) is 29.8 Å². The zero-order chi connectivity index (χ0) is 19.3. The minimum absolute atomic E-state index is 0.0908. The van der Waals surface area contributed by atoms with Gasteiger partial charge in [-0.25, -0.2) is 4.79 Å². The number of piperidine rings is 1. The minimum atomic E-state index is -0.697. The highest BCUT2D eigenvalue weighted by Gasteiger charge is 2.45. The van der Waals surface area contributed by atoms with E-state index in [0.29, 0.717) is 6.61 Å². The van der Waals surface area contributed by atoms with Crippen molar-refractivity contribution < 1.29 is 19.0 Å². The number of likely N-dealkylation sites (tertiary alicyclic amines) is 1. The van der Waals surface area contributed by atoms with Gasteiger partial charge in [0.15, 0.2) is 0 Å². The van der Waals surface area contributed by atoms with Crippen LogP contribution in [0.25, 0.3) is 0 Å². The van der Waals surface area contributed by atoms with E-state index in [1.165, 1.54) is 0 Å². The van der Waals surface area contributed by atoms with Crippen LogP contribution in [0.4, 0.5) is 4.79 Å². The molecule has 0 spiro atoms. The minimum Gasteiger partial charge on any atom is -0.491 e. The van der Waals surface area contributed by atoms with Gasteiger partial charge in [0, 0.05) is 25.4 Å². The Morgan fingerprint density at radius 2 is 2.04 bits per heavy atom. The summed E-state index contributed by atoms with van der Waals surface area (Å²) in [7, 11) is 2.09. The summed E-state index contributed by atoms with van der Waals surface area (Å²) in [5.74, 6) is 1.21. The Bertz CT molecular complexity index is 601. The number of carbonyl (C=O) groups excluding carboxylic acids is 1. The molecule has 0 saturated carbocycles. The molecule has 0 N–H and O–H groups in total. The molecule has 0 amide bonds. The Morgan fingerprint density at radius 3 is 2.65 bits per heavy atom. The molecule has 2 atom stereocenters. The molecule has 1 heterocycles. The van der Waals surface area contributed by atoms with Crippen molar-refractivity contribution in [3.63, 3.8) is 0 Å². The molecule has 1 aliphatic heterocycles. The second kappa shape index (κ2) is 8.76. The summed E-state index contributed by atoms with van der Waals surface area (Å²) in [6, 6.07) is 7.92. The van der Waals surface area contributed by atoms with Gasteiger partial charge in [-0.2, -0.15) is 0 Å². The summed E-state index contributed by atoms with van der Waals surface area (Å²) in [5, 5.41) is 0. The smallest absolute Gasteiger partial charge is 0.491 e. The molecule has 1 fully saturated rings. The molecule has 146 valence electrons. The van der Waals surface area contributed by atoms with E-state index in [1.807, 2.05) is 52.0 Å². The number of benzene rings is 1. The van der Waals surface area contributed by atoms with Crippen molar-refractivity contribution in [2.45, 2.75) is 52.7 Å². The van der Waals surface area contributed by atoms with Crippen LogP contribution in [-0.4, -0.2) is 43.9 Å². The first kappa shape index (κ1) is 20.6. The zero-order valence-corrected chi connectivity index (χ0v) is 17.0. The zero-order valence-electron chi connectivity index (χ0n) is 17.0. The van der Waals surface area contributed by atoms with Gasteiger partial charge >= 0.3 is 6.16 Å². The lowest BCUT2D eigenvalue weighted by atomic mass is 9.76. The number of ether oxygens (including phenoxy) is 3. The highest BCUT2D eigenvalue weighted by atomic mass is 16.7. The number of nitrogens with zero attached hydrogens (tertiary/aromatic N) is 1. The first-order chi connectivity index (χ1) is 12.2. The summed E-state index contributed by atoms with van der Waals surface area (Å²) < 4.78 is 17.2. The van der Waals surface area contributed by atoms with Crippen LogP contribution in [0.3, 0.4) is 0 Å². The van der Waals surface area contributed by atoms with E-state index in [2.05, 4.69) is 18.9 Å². The molecule has 1 saturated heterocycles. The second-order valence-corrected chi connectivity index (χ2v) is 8.05. The fourth-order valence-electron chi connectivity index (χ4n) is 3.47. The third-order valence-electron chi connectivity index (χ3n) is 4.74. The summed E-state index contributed by atoms with van der Waals surface area (Å²) in [6.07, 6.45) is 0.227. The van der Waals surface area contributed by atoms with Crippen LogP contribution in [0, 0.1) is 11.8 Å². The largest absolute Gasteiger partial charge is 0.509 e. The number of hydrogen-bond acceptors (Lipinski definition) is 5. The van der Waals surface area contributed by atoms with Gasteiger partial charge in [-0.05, 0) is 44.5 Å². The quantitative estimate of drug-likeness (QED) is 0.699. The molecule has 0 unspecified atom stereocenters. The Balaban J connectivity index is 2.30. The highest BCUT2D eigenvalue weighted by Crippen LogP contribution is 2.42. The monoisotopic (exact) mass is 363 g/mol. The van der Waals surface area contributed by atoms with Crippen LogP contribution in [0.2, 0.25) is 0 Å². The van der Waals surface area contributed by atoms with Crippen LogP contribution >= 0.6 is 0 Å². The van der Waals surface area contributed by atoms with Gasteiger partial charge in [0.05, 0.1) is 12.7 Å². The van der Waals surface area contributed by atoms with E-state index < -0.39 is 11.8 Å². The SMILES string of the molecule is CC(C)COC(=O)O[C@]1(c2cccc(OC(C)C)c2)CCN(C)C[C@@H]1C. The maximum Gasteiger partial charge on any atom is 0.509 e. The van der Waals surface area contributed by atoms with Crippen molar-refractivity contribution in [1.29, 1.82) is 0 Å². The van der Waals surface area contributed by atoms with Gasteiger partial charge < -0.3 is 19.1 Å². The molecule has 2 rings (SSSR count). The molecule has 5 heteroatoms. The van der Waals surface area contributed by atoms with Gasteiger partial charge in [-0.15, -0.1) is 0 Å². The van der Waals surface area contributed by atoms with Crippen LogP contribution in [0.1, 0.15) is 46.6 Å². The summed E-state index contributed by atoms with van der Waals surface area (Å²) in [5.41, 5.74) is 0.273. The maximum atomic E-state index is 12.4. The fraction of sp³-hybridized carbons (Fsp3) is 0.667. The van der Waals surface area contributed by atoms with Crippen molar-refractivity contribution in [3.8, 4) is 5.75 Å². The maximum absolute atomic E-state index is 12.4. The average molecular weight is 363 g/mol. The molecule has 0 bridgehead atoms. The van der Waals surface area contributed by atoms with E-state index in [4.69, 9.17) is 14.2 Å². The van der Waals surface area contributed by atoms with Crippen molar-refractivity contribution >= 4 is 6.16 Å². The van der Waals surface area contributed by atoms with E-state index in [0.717, 1.165) is 30.8 Å². The Morgan fingerprint density at radius 1 is 1.31 bits per heavy atom. The molecule has 5 nitrogen and oxygen atoms in total. The third-order valence-corrected chi connectivity index (χ3v) is 4.74. The molecule has 1 aromatic rings. The lowest BCUT2D eigenvalue weighted by Gasteiger charge is -2.45. The van der Waals surface area contributed by atoms with Crippen LogP contribution < -0.4 is 4.74 Å².